The smallest absolute Gasteiger partial charge is 0.241 e. The highest BCUT2D eigenvalue weighted by Crippen LogP contribution is 2.12. The second kappa shape index (κ2) is 6.54. The molecule has 112 valence electrons. The van der Waals surface area contributed by atoms with Crippen LogP contribution < -0.4 is 11.1 Å². The molecule has 0 aliphatic heterocycles. The minimum Gasteiger partial charge on any atom is -0.354 e. The van der Waals surface area contributed by atoms with Crippen molar-refractivity contribution in [2.45, 2.75) is 26.3 Å². The molecule has 5 nitrogen and oxygen atoms in total. The SMILES string of the molecule is Cc1nn(C)c(C)c1CCNC(=O)C(N)c1ccccc1. The van der Waals surface area contributed by atoms with Gasteiger partial charge in [0.2, 0.25) is 5.91 Å². The van der Waals surface area contributed by atoms with Gasteiger partial charge in [-0.3, -0.25) is 9.48 Å². The maximum atomic E-state index is 12.1. The molecule has 21 heavy (non-hydrogen) atoms. The Morgan fingerprint density at radius 1 is 1.33 bits per heavy atom. The topological polar surface area (TPSA) is 72.9 Å². The number of hydrogen-bond donors (Lipinski definition) is 2. The standard InChI is InChI=1S/C16H22N4O/c1-11-14(12(2)20(3)19-11)9-10-18-16(21)15(17)13-7-5-4-6-8-13/h4-8,15H,9-10,17H2,1-3H3,(H,18,21). The number of aromatic nitrogens is 2. The molecule has 0 saturated carbocycles. The lowest BCUT2D eigenvalue weighted by Gasteiger charge is -2.12. The number of carbonyl (C=O) groups excluding carboxylic acids is 1. The summed E-state index contributed by atoms with van der Waals surface area (Å²) in [6.45, 7) is 4.58. The first-order chi connectivity index (χ1) is 10.0. The maximum Gasteiger partial charge on any atom is 0.241 e. The van der Waals surface area contributed by atoms with E-state index in [9.17, 15) is 4.79 Å². The van der Waals surface area contributed by atoms with Gasteiger partial charge in [-0.15, -0.1) is 0 Å². The van der Waals surface area contributed by atoms with E-state index in [1.807, 2.05) is 55.9 Å². The Hall–Kier alpha value is -2.14. The third-order valence-corrected chi connectivity index (χ3v) is 3.77. The second-order valence-electron chi connectivity index (χ2n) is 5.20. The summed E-state index contributed by atoms with van der Waals surface area (Å²) in [5.74, 6) is -0.152. The zero-order valence-electron chi connectivity index (χ0n) is 12.8. The average molecular weight is 286 g/mol. The van der Waals surface area contributed by atoms with Crippen molar-refractivity contribution < 1.29 is 4.79 Å². The van der Waals surface area contributed by atoms with E-state index in [4.69, 9.17) is 5.73 Å². The van der Waals surface area contributed by atoms with Crippen LogP contribution >= 0.6 is 0 Å². The van der Waals surface area contributed by atoms with Crippen LogP contribution in [0, 0.1) is 13.8 Å². The van der Waals surface area contributed by atoms with Crippen LogP contribution in [0.25, 0.3) is 0 Å². The highest BCUT2D eigenvalue weighted by molar-refractivity contribution is 5.82. The van der Waals surface area contributed by atoms with Gasteiger partial charge >= 0.3 is 0 Å². The molecule has 2 aromatic rings. The summed E-state index contributed by atoms with van der Waals surface area (Å²) < 4.78 is 1.86. The summed E-state index contributed by atoms with van der Waals surface area (Å²) in [5, 5.41) is 7.26. The molecule has 0 saturated heterocycles. The van der Waals surface area contributed by atoms with Crippen molar-refractivity contribution in [2.24, 2.45) is 12.8 Å². The Kier molecular flexibility index (Phi) is 4.75. The molecule has 0 radical (unpaired) electrons. The minimum atomic E-state index is -0.623. The van der Waals surface area contributed by atoms with Gasteiger partial charge in [0.15, 0.2) is 0 Å². The molecule has 0 aliphatic rings. The number of hydrogen-bond acceptors (Lipinski definition) is 3. The molecule has 0 fully saturated rings. The lowest BCUT2D eigenvalue weighted by atomic mass is 10.1. The summed E-state index contributed by atoms with van der Waals surface area (Å²) in [7, 11) is 1.93. The number of nitrogens with two attached hydrogens (primary N) is 1. The first-order valence-electron chi connectivity index (χ1n) is 7.08. The molecular weight excluding hydrogens is 264 g/mol. The van der Waals surface area contributed by atoms with E-state index in [1.165, 1.54) is 5.56 Å². The van der Waals surface area contributed by atoms with Crippen LogP contribution in [0.4, 0.5) is 0 Å². The fourth-order valence-electron chi connectivity index (χ4n) is 2.41. The monoisotopic (exact) mass is 286 g/mol. The zero-order valence-corrected chi connectivity index (χ0v) is 12.8. The van der Waals surface area contributed by atoms with Gasteiger partial charge in [-0.05, 0) is 31.4 Å². The Bertz CT molecular complexity index is 619. The van der Waals surface area contributed by atoms with Gasteiger partial charge in [-0.25, -0.2) is 0 Å². The normalized spacial score (nSPS) is 12.2. The Morgan fingerprint density at radius 3 is 2.57 bits per heavy atom. The largest absolute Gasteiger partial charge is 0.354 e. The predicted octanol–water partition coefficient (Wildman–Crippen LogP) is 1.40. The number of carbonyl (C=O) groups is 1. The van der Waals surface area contributed by atoms with E-state index in [0.717, 1.165) is 23.4 Å². The summed E-state index contributed by atoms with van der Waals surface area (Å²) in [6.07, 6.45) is 0.763. The number of benzene rings is 1. The van der Waals surface area contributed by atoms with E-state index in [0.29, 0.717) is 6.54 Å². The zero-order chi connectivity index (χ0) is 15.4. The number of nitrogens with zero attached hydrogens (tertiary/aromatic N) is 2. The van der Waals surface area contributed by atoms with Gasteiger partial charge < -0.3 is 11.1 Å². The van der Waals surface area contributed by atoms with Gasteiger partial charge in [-0.1, -0.05) is 30.3 Å². The maximum absolute atomic E-state index is 12.1. The average Bonchev–Trinajstić information content (AvgIpc) is 2.73. The summed E-state index contributed by atoms with van der Waals surface area (Å²) in [4.78, 5) is 12.1. The molecule has 3 N–H and O–H groups in total. The lowest BCUT2D eigenvalue weighted by molar-refractivity contribution is -0.122. The van der Waals surface area contributed by atoms with Gasteiger partial charge in [0.05, 0.1) is 5.69 Å². The van der Waals surface area contributed by atoms with E-state index >= 15 is 0 Å². The van der Waals surface area contributed by atoms with Crippen molar-refractivity contribution in [3.05, 3.63) is 52.8 Å². The quantitative estimate of drug-likeness (QED) is 0.872. The highest BCUT2D eigenvalue weighted by atomic mass is 16.2. The van der Waals surface area contributed by atoms with Crippen molar-refractivity contribution in [1.82, 2.24) is 15.1 Å². The molecule has 0 bridgehead atoms. The Balaban J connectivity index is 1.90. The van der Waals surface area contributed by atoms with Gasteiger partial charge in [0, 0.05) is 19.3 Å². The third-order valence-electron chi connectivity index (χ3n) is 3.77. The van der Waals surface area contributed by atoms with Crippen molar-refractivity contribution in [1.29, 1.82) is 0 Å². The van der Waals surface area contributed by atoms with Gasteiger partial charge in [0.1, 0.15) is 6.04 Å². The highest BCUT2D eigenvalue weighted by Gasteiger charge is 2.15. The summed E-state index contributed by atoms with van der Waals surface area (Å²) in [5.41, 5.74) is 10.1. The van der Waals surface area contributed by atoms with E-state index in [1.54, 1.807) is 0 Å². The first-order valence-corrected chi connectivity index (χ1v) is 7.08. The van der Waals surface area contributed by atoms with Crippen LogP contribution in [0.1, 0.15) is 28.6 Å². The van der Waals surface area contributed by atoms with Crippen LogP contribution in [-0.2, 0) is 18.3 Å². The Morgan fingerprint density at radius 2 is 2.00 bits per heavy atom. The van der Waals surface area contributed by atoms with Crippen LogP contribution in [0.2, 0.25) is 0 Å². The predicted molar refractivity (Wildman–Crippen MR) is 82.8 cm³/mol. The van der Waals surface area contributed by atoms with E-state index in [2.05, 4.69) is 10.4 Å². The van der Waals surface area contributed by atoms with Crippen LogP contribution in [0.15, 0.2) is 30.3 Å². The van der Waals surface area contributed by atoms with E-state index in [-0.39, 0.29) is 5.91 Å². The fraction of sp³-hybridized carbons (Fsp3) is 0.375. The number of rotatable bonds is 5. The van der Waals surface area contributed by atoms with Gasteiger partial charge in [0.25, 0.3) is 0 Å². The Labute approximate surface area is 125 Å². The van der Waals surface area contributed by atoms with Crippen molar-refractivity contribution in [3.63, 3.8) is 0 Å². The molecule has 1 aromatic carbocycles. The van der Waals surface area contributed by atoms with Crippen LogP contribution in [0.3, 0.4) is 0 Å². The van der Waals surface area contributed by atoms with Crippen molar-refractivity contribution >= 4 is 5.91 Å². The molecule has 0 spiro atoms. The molecule has 0 aliphatic carbocycles. The number of nitrogens with one attached hydrogen (secondary N) is 1. The summed E-state index contributed by atoms with van der Waals surface area (Å²) in [6, 6.07) is 8.76. The van der Waals surface area contributed by atoms with E-state index < -0.39 is 6.04 Å². The molecular formula is C16H22N4O. The molecule has 1 unspecified atom stereocenters. The van der Waals surface area contributed by atoms with Crippen molar-refractivity contribution in [3.8, 4) is 0 Å². The first kappa shape index (κ1) is 15.3. The molecule has 5 heteroatoms. The molecule has 1 aromatic heterocycles. The molecule has 1 amide bonds. The molecule has 1 atom stereocenters. The summed E-state index contributed by atoms with van der Waals surface area (Å²) >= 11 is 0. The molecule has 1 heterocycles. The molecule has 2 rings (SSSR count). The number of aryl methyl sites for hydroxylation is 2. The third kappa shape index (κ3) is 3.49. The van der Waals surface area contributed by atoms with Crippen LogP contribution in [-0.4, -0.2) is 22.2 Å². The lowest BCUT2D eigenvalue weighted by Crippen LogP contribution is -2.35. The van der Waals surface area contributed by atoms with Crippen molar-refractivity contribution in [2.75, 3.05) is 6.54 Å². The van der Waals surface area contributed by atoms with Gasteiger partial charge in [-0.2, -0.15) is 5.10 Å². The van der Waals surface area contributed by atoms with Crippen LogP contribution in [0.5, 0.6) is 0 Å². The second-order valence-corrected chi connectivity index (χ2v) is 5.20. The minimum absolute atomic E-state index is 0.152. The fourth-order valence-corrected chi connectivity index (χ4v) is 2.41. The number of amides is 1.